The Labute approximate surface area is 110 Å². The van der Waals surface area contributed by atoms with Crippen molar-refractivity contribution in [2.45, 2.75) is 26.7 Å². The monoisotopic (exact) mass is 242 g/mol. The number of hydrogen-bond acceptors (Lipinski definition) is 1. The first-order valence-electron chi connectivity index (χ1n) is 6.35. The SMILES string of the molecule is C=C(C)/C=C/c1ccc(C)c(/C=C\CCCO)c1. The van der Waals surface area contributed by atoms with E-state index in [0.717, 1.165) is 18.4 Å². The summed E-state index contributed by atoms with van der Waals surface area (Å²) >= 11 is 0. The third-order valence-corrected chi connectivity index (χ3v) is 2.69. The van der Waals surface area contributed by atoms with Crippen molar-refractivity contribution in [3.8, 4) is 0 Å². The zero-order valence-corrected chi connectivity index (χ0v) is 11.3. The fraction of sp³-hybridized carbons (Fsp3) is 0.294. The van der Waals surface area contributed by atoms with Crippen LogP contribution in [0, 0.1) is 6.92 Å². The van der Waals surface area contributed by atoms with Gasteiger partial charge in [0, 0.05) is 6.61 Å². The van der Waals surface area contributed by atoms with Gasteiger partial charge in [0.1, 0.15) is 0 Å². The second kappa shape index (κ2) is 7.67. The van der Waals surface area contributed by atoms with E-state index < -0.39 is 0 Å². The maximum Gasteiger partial charge on any atom is 0.0433 e. The number of aliphatic hydroxyl groups is 1. The zero-order valence-electron chi connectivity index (χ0n) is 11.3. The largest absolute Gasteiger partial charge is 0.396 e. The van der Waals surface area contributed by atoms with Gasteiger partial charge in [-0.2, -0.15) is 0 Å². The summed E-state index contributed by atoms with van der Waals surface area (Å²) in [5.74, 6) is 0. The highest BCUT2D eigenvalue weighted by Crippen LogP contribution is 2.15. The molecule has 0 atom stereocenters. The molecule has 0 bridgehead atoms. The average molecular weight is 242 g/mol. The number of unbranched alkanes of at least 4 members (excludes halogenated alkanes) is 1. The number of rotatable bonds is 6. The van der Waals surface area contributed by atoms with Crippen molar-refractivity contribution in [2.24, 2.45) is 0 Å². The van der Waals surface area contributed by atoms with Crippen molar-refractivity contribution >= 4 is 12.2 Å². The third-order valence-electron chi connectivity index (χ3n) is 2.69. The Morgan fingerprint density at radius 1 is 1.33 bits per heavy atom. The van der Waals surface area contributed by atoms with Crippen LogP contribution in [0.1, 0.15) is 36.5 Å². The molecule has 0 heterocycles. The Balaban J connectivity index is 2.81. The molecule has 0 amide bonds. The fourth-order valence-electron chi connectivity index (χ4n) is 1.60. The Morgan fingerprint density at radius 2 is 2.11 bits per heavy atom. The molecule has 0 aliphatic carbocycles. The Morgan fingerprint density at radius 3 is 2.78 bits per heavy atom. The first-order valence-corrected chi connectivity index (χ1v) is 6.35. The summed E-state index contributed by atoms with van der Waals surface area (Å²) in [6, 6.07) is 6.41. The number of hydrogen-bond donors (Lipinski definition) is 1. The van der Waals surface area contributed by atoms with E-state index in [4.69, 9.17) is 5.11 Å². The van der Waals surface area contributed by atoms with Crippen LogP contribution in [0.2, 0.25) is 0 Å². The van der Waals surface area contributed by atoms with Gasteiger partial charge in [-0.25, -0.2) is 0 Å². The lowest BCUT2D eigenvalue weighted by molar-refractivity contribution is 0.290. The molecule has 0 aliphatic heterocycles. The fourth-order valence-corrected chi connectivity index (χ4v) is 1.60. The van der Waals surface area contributed by atoms with Crippen molar-refractivity contribution in [2.75, 3.05) is 6.61 Å². The molecule has 0 saturated heterocycles. The quantitative estimate of drug-likeness (QED) is 0.580. The van der Waals surface area contributed by atoms with Gasteiger partial charge in [-0.05, 0) is 49.4 Å². The molecule has 1 nitrogen and oxygen atoms in total. The maximum atomic E-state index is 8.73. The van der Waals surface area contributed by atoms with Crippen molar-refractivity contribution in [3.05, 3.63) is 59.2 Å². The molecule has 1 aromatic carbocycles. The summed E-state index contributed by atoms with van der Waals surface area (Å²) in [5, 5.41) is 8.73. The first-order chi connectivity index (χ1) is 8.63. The van der Waals surface area contributed by atoms with Crippen LogP contribution in [0.15, 0.2) is 42.5 Å². The molecule has 0 unspecified atom stereocenters. The summed E-state index contributed by atoms with van der Waals surface area (Å²) in [6.07, 6.45) is 10.1. The Kier molecular flexibility index (Phi) is 6.16. The molecule has 0 spiro atoms. The van der Waals surface area contributed by atoms with Gasteiger partial charge in [0.25, 0.3) is 0 Å². The van der Waals surface area contributed by atoms with E-state index in [0.29, 0.717) is 0 Å². The lowest BCUT2D eigenvalue weighted by atomic mass is 10.0. The summed E-state index contributed by atoms with van der Waals surface area (Å²) in [5.41, 5.74) is 4.74. The molecule has 0 radical (unpaired) electrons. The normalized spacial score (nSPS) is 11.5. The van der Waals surface area contributed by atoms with Crippen molar-refractivity contribution in [1.29, 1.82) is 0 Å². The molecular formula is C17H22O. The molecule has 0 fully saturated rings. The van der Waals surface area contributed by atoms with Crippen LogP contribution in [0.25, 0.3) is 12.2 Å². The molecule has 1 aromatic rings. The molecule has 1 rings (SSSR count). The second-order valence-corrected chi connectivity index (χ2v) is 4.56. The van der Waals surface area contributed by atoms with Crippen molar-refractivity contribution < 1.29 is 5.11 Å². The smallest absolute Gasteiger partial charge is 0.0433 e. The van der Waals surface area contributed by atoms with E-state index in [-0.39, 0.29) is 6.61 Å². The lowest BCUT2D eigenvalue weighted by Crippen LogP contribution is -1.83. The third kappa shape index (κ3) is 5.15. The highest BCUT2D eigenvalue weighted by Gasteiger charge is 1.95. The van der Waals surface area contributed by atoms with Crippen LogP contribution in [-0.2, 0) is 0 Å². The van der Waals surface area contributed by atoms with Crippen LogP contribution in [0.4, 0.5) is 0 Å². The predicted octanol–water partition coefficient (Wildman–Crippen LogP) is 4.37. The number of aliphatic hydroxyl groups excluding tert-OH is 1. The van der Waals surface area contributed by atoms with Gasteiger partial charge in [0.05, 0.1) is 0 Å². The minimum atomic E-state index is 0.255. The second-order valence-electron chi connectivity index (χ2n) is 4.56. The minimum absolute atomic E-state index is 0.255. The standard InChI is InChI=1S/C17H22O/c1-14(2)8-10-16-11-9-15(3)17(13-16)7-5-4-6-12-18/h5,7-11,13,18H,1,4,6,12H2,2-3H3/b7-5-,10-8+. The molecule has 18 heavy (non-hydrogen) atoms. The molecule has 1 N–H and O–H groups in total. The molecule has 1 heteroatoms. The Hall–Kier alpha value is -1.60. The van der Waals surface area contributed by atoms with Crippen LogP contribution >= 0.6 is 0 Å². The molecular weight excluding hydrogens is 220 g/mol. The number of allylic oxidation sites excluding steroid dienone is 3. The van der Waals surface area contributed by atoms with E-state index in [9.17, 15) is 0 Å². The molecule has 0 aliphatic rings. The first kappa shape index (κ1) is 14.5. The topological polar surface area (TPSA) is 20.2 Å². The molecule has 0 aromatic heterocycles. The number of aryl methyl sites for hydroxylation is 1. The van der Waals surface area contributed by atoms with E-state index in [1.54, 1.807) is 0 Å². The van der Waals surface area contributed by atoms with Crippen LogP contribution in [-0.4, -0.2) is 11.7 Å². The predicted molar refractivity (Wildman–Crippen MR) is 80.4 cm³/mol. The van der Waals surface area contributed by atoms with Gasteiger partial charge >= 0.3 is 0 Å². The van der Waals surface area contributed by atoms with Gasteiger partial charge in [-0.15, -0.1) is 0 Å². The minimum Gasteiger partial charge on any atom is -0.396 e. The number of benzene rings is 1. The van der Waals surface area contributed by atoms with E-state index in [2.05, 4.69) is 49.9 Å². The van der Waals surface area contributed by atoms with Crippen LogP contribution in [0.5, 0.6) is 0 Å². The van der Waals surface area contributed by atoms with Crippen LogP contribution in [0.3, 0.4) is 0 Å². The van der Waals surface area contributed by atoms with E-state index in [1.807, 2.05) is 13.0 Å². The summed E-state index contributed by atoms with van der Waals surface area (Å²) in [4.78, 5) is 0. The molecule has 0 saturated carbocycles. The molecule has 96 valence electrons. The highest BCUT2D eigenvalue weighted by molar-refractivity contribution is 5.61. The van der Waals surface area contributed by atoms with E-state index in [1.165, 1.54) is 16.7 Å². The van der Waals surface area contributed by atoms with Gasteiger partial charge < -0.3 is 5.11 Å². The van der Waals surface area contributed by atoms with Gasteiger partial charge in [-0.3, -0.25) is 0 Å². The van der Waals surface area contributed by atoms with Crippen LogP contribution < -0.4 is 0 Å². The average Bonchev–Trinajstić information content (AvgIpc) is 2.35. The Bertz CT molecular complexity index is 453. The summed E-state index contributed by atoms with van der Waals surface area (Å²) in [6.45, 7) is 8.21. The van der Waals surface area contributed by atoms with Crippen molar-refractivity contribution in [3.63, 3.8) is 0 Å². The summed E-state index contributed by atoms with van der Waals surface area (Å²) in [7, 11) is 0. The van der Waals surface area contributed by atoms with Crippen molar-refractivity contribution in [1.82, 2.24) is 0 Å². The summed E-state index contributed by atoms with van der Waals surface area (Å²) < 4.78 is 0. The lowest BCUT2D eigenvalue weighted by Gasteiger charge is -2.02. The highest BCUT2D eigenvalue weighted by atomic mass is 16.2. The van der Waals surface area contributed by atoms with E-state index >= 15 is 0 Å². The van der Waals surface area contributed by atoms with Gasteiger partial charge in [0.2, 0.25) is 0 Å². The van der Waals surface area contributed by atoms with Gasteiger partial charge in [-0.1, -0.05) is 48.6 Å². The van der Waals surface area contributed by atoms with Gasteiger partial charge in [0.15, 0.2) is 0 Å². The zero-order chi connectivity index (χ0) is 13.4. The maximum absolute atomic E-state index is 8.73.